The van der Waals surface area contributed by atoms with Crippen molar-refractivity contribution in [2.45, 2.75) is 24.2 Å². The maximum absolute atomic E-state index is 12.6. The van der Waals surface area contributed by atoms with Crippen molar-refractivity contribution in [1.29, 1.82) is 0 Å². The number of halogens is 1. The number of hydrogen-bond donors (Lipinski definition) is 1. The van der Waals surface area contributed by atoms with E-state index in [4.69, 9.17) is 5.73 Å². The molecule has 1 aromatic heterocycles. The second-order valence-corrected chi connectivity index (χ2v) is 9.09. The van der Waals surface area contributed by atoms with Gasteiger partial charge in [0.2, 0.25) is 0 Å². The minimum atomic E-state index is -3.47. The van der Waals surface area contributed by atoms with Crippen molar-refractivity contribution in [3.05, 3.63) is 50.8 Å². The average molecular weight is 389 g/mol. The summed E-state index contributed by atoms with van der Waals surface area (Å²) in [6.45, 7) is 2.58. The molecule has 2 aromatic rings. The lowest BCUT2D eigenvalue weighted by Gasteiger charge is -2.16. The van der Waals surface area contributed by atoms with E-state index in [1.807, 2.05) is 31.2 Å². The second kappa shape index (κ2) is 6.58. The van der Waals surface area contributed by atoms with Gasteiger partial charge in [-0.3, -0.25) is 0 Å². The molecule has 0 fully saturated rings. The molecule has 7 heteroatoms. The lowest BCUT2D eigenvalue weighted by Crippen LogP contribution is -2.25. The molecule has 0 aliphatic rings. The number of rotatable bonds is 5. The van der Waals surface area contributed by atoms with E-state index in [1.165, 1.54) is 15.6 Å². The van der Waals surface area contributed by atoms with Crippen molar-refractivity contribution >= 4 is 37.3 Å². The Morgan fingerprint density at radius 1 is 1.29 bits per heavy atom. The van der Waals surface area contributed by atoms with E-state index in [2.05, 4.69) is 15.9 Å². The predicted molar refractivity (Wildman–Crippen MR) is 89.7 cm³/mol. The molecule has 1 aromatic carbocycles. The highest BCUT2D eigenvalue weighted by atomic mass is 79.9. The van der Waals surface area contributed by atoms with Crippen LogP contribution in [0.15, 0.2) is 39.0 Å². The molecule has 2 N–H and O–H groups in total. The van der Waals surface area contributed by atoms with Crippen LogP contribution in [0.4, 0.5) is 0 Å². The fourth-order valence-electron chi connectivity index (χ4n) is 1.90. The van der Waals surface area contributed by atoms with Gasteiger partial charge in [-0.15, -0.1) is 11.3 Å². The fraction of sp³-hybridized carbons (Fsp3) is 0.286. The van der Waals surface area contributed by atoms with Crippen LogP contribution in [0.1, 0.15) is 16.0 Å². The molecule has 0 unspecified atom stereocenters. The first-order valence-corrected chi connectivity index (χ1v) is 9.39. The summed E-state index contributed by atoms with van der Waals surface area (Å²) in [6, 6.07) is 9.30. The number of aryl methyl sites for hydroxylation is 1. The van der Waals surface area contributed by atoms with Crippen LogP contribution in [-0.2, 0) is 23.1 Å². The van der Waals surface area contributed by atoms with Crippen LogP contribution < -0.4 is 5.73 Å². The van der Waals surface area contributed by atoms with E-state index in [0.717, 1.165) is 20.5 Å². The highest BCUT2D eigenvalue weighted by Crippen LogP contribution is 2.28. The lowest BCUT2D eigenvalue weighted by molar-refractivity contribution is 0.468. The van der Waals surface area contributed by atoms with Gasteiger partial charge in [0.1, 0.15) is 4.21 Å². The predicted octanol–water partition coefficient (Wildman–Crippen LogP) is 3.10. The van der Waals surface area contributed by atoms with E-state index < -0.39 is 10.0 Å². The van der Waals surface area contributed by atoms with Gasteiger partial charge >= 0.3 is 0 Å². The Labute approximate surface area is 137 Å². The molecule has 2 rings (SSSR count). The summed E-state index contributed by atoms with van der Waals surface area (Å²) in [5.41, 5.74) is 7.49. The van der Waals surface area contributed by atoms with E-state index in [0.29, 0.717) is 17.3 Å². The zero-order valence-electron chi connectivity index (χ0n) is 11.8. The Morgan fingerprint density at radius 3 is 2.43 bits per heavy atom. The molecule has 1 heterocycles. The largest absolute Gasteiger partial charge is 0.326 e. The van der Waals surface area contributed by atoms with Crippen molar-refractivity contribution in [1.82, 2.24) is 4.31 Å². The molecule has 0 atom stereocenters. The molecule has 4 nitrogen and oxygen atoms in total. The standard InChI is InChI=1S/C14H17BrN2O2S2/c1-10-7-14(20-13(10)8-16)21(18,19)17(2)9-11-3-5-12(15)6-4-11/h3-7H,8-9,16H2,1-2H3. The number of nitrogens with two attached hydrogens (primary N) is 1. The summed E-state index contributed by atoms with van der Waals surface area (Å²) in [5, 5.41) is 0. The molecule has 0 spiro atoms. The highest BCUT2D eigenvalue weighted by Gasteiger charge is 2.24. The van der Waals surface area contributed by atoms with Gasteiger partial charge in [0, 0.05) is 29.5 Å². The minimum Gasteiger partial charge on any atom is -0.326 e. The van der Waals surface area contributed by atoms with Gasteiger partial charge in [0.25, 0.3) is 10.0 Å². The average Bonchev–Trinajstić information content (AvgIpc) is 2.83. The van der Waals surface area contributed by atoms with E-state index in [-0.39, 0.29) is 0 Å². The number of thiophene rings is 1. The summed E-state index contributed by atoms with van der Waals surface area (Å²) in [4.78, 5) is 0.908. The van der Waals surface area contributed by atoms with Gasteiger partial charge < -0.3 is 5.73 Å². The van der Waals surface area contributed by atoms with Crippen LogP contribution in [0, 0.1) is 6.92 Å². The summed E-state index contributed by atoms with van der Waals surface area (Å²) >= 11 is 4.61. The normalized spacial score (nSPS) is 12.0. The van der Waals surface area contributed by atoms with Crippen LogP contribution in [0.5, 0.6) is 0 Å². The van der Waals surface area contributed by atoms with E-state index >= 15 is 0 Å². The molecular formula is C14H17BrN2O2S2. The first kappa shape index (κ1) is 16.6. The zero-order valence-corrected chi connectivity index (χ0v) is 15.1. The topological polar surface area (TPSA) is 63.4 Å². The second-order valence-electron chi connectivity index (χ2n) is 4.76. The van der Waals surface area contributed by atoms with Gasteiger partial charge in [-0.25, -0.2) is 8.42 Å². The van der Waals surface area contributed by atoms with E-state index in [9.17, 15) is 8.42 Å². The van der Waals surface area contributed by atoms with Crippen LogP contribution in [0.3, 0.4) is 0 Å². The summed E-state index contributed by atoms with van der Waals surface area (Å²) in [6.07, 6.45) is 0. The number of sulfonamides is 1. The molecule has 0 amide bonds. The fourth-order valence-corrected chi connectivity index (χ4v) is 5.01. The first-order chi connectivity index (χ1) is 9.84. The van der Waals surface area contributed by atoms with Crippen LogP contribution in [0.25, 0.3) is 0 Å². The highest BCUT2D eigenvalue weighted by molar-refractivity contribution is 9.10. The van der Waals surface area contributed by atoms with Gasteiger partial charge in [-0.2, -0.15) is 4.31 Å². The molecule has 0 bridgehead atoms. The molecule has 0 aliphatic carbocycles. The van der Waals surface area contributed by atoms with Crippen molar-refractivity contribution in [2.24, 2.45) is 5.73 Å². The zero-order chi connectivity index (χ0) is 15.6. The number of benzene rings is 1. The Morgan fingerprint density at radius 2 is 1.90 bits per heavy atom. The Hall–Kier alpha value is -0.730. The Balaban J connectivity index is 2.23. The van der Waals surface area contributed by atoms with Crippen LogP contribution in [-0.4, -0.2) is 19.8 Å². The third-order valence-electron chi connectivity index (χ3n) is 3.17. The molecule has 0 radical (unpaired) electrons. The molecule has 21 heavy (non-hydrogen) atoms. The summed E-state index contributed by atoms with van der Waals surface area (Å²) in [7, 11) is -1.88. The third kappa shape index (κ3) is 3.73. The maximum atomic E-state index is 12.6. The van der Waals surface area contributed by atoms with Crippen molar-refractivity contribution < 1.29 is 8.42 Å². The molecular weight excluding hydrogens is 372 g/mol. The summed E-state index contributed by atoms with van der Waals surface area (Å²) < 4.78 is 27.8. The third-order valence-corrected chi connectivity index (χ3v) is 7.21. The van der Waals surface area contributed by atoms with Gasteiger partial charge in [0.15, 0.2) is 0 Å². The smallest absolute Gasteiger partial charge is 0.252 e. The van der Waals surface area contributed by atoms with Gasteiger partial charge in [0.05, 0.1) is 0 Å². The maximum Gasteiger partial charge on any atom is 0.252 e. The van der Waals surface area contributed by atoms with E-state index in [1.54, 1.807) is 13.1 Å². The molecule has 0 aliphatic heterocycles. The number of hydrogen-bond acceptors (Lipinski definition) is 4. The quantitative estimate of drug-likeness (QED) is 0.855. The Kier molecular flexibility index (Phi) is 5.21. The monoisotopic (exact) mass is 388 g/mol. The van der Waals surface area contributed by atoms with Crippen molar-refractivity contribution in [2.75, 3.05) is 7.05 Å². The van der Waals surface area contributed by atoms with Crippen molar-refractivity contribution in [3.8, 4) is 0 Å². The Bertz CT molecular complexity index is 724. The lowest BCUT2D eigenvalue weighted by atomic mass is 10.2. The number of nitrogens with zero attached hydrogens (tertiary/aromatic N) is 1. The minimum absolute atomic E-state index is 0.338. The molecule has 0 saturated heterocycles. The molecule has 0 saturated carbocycles. The summed E-state index contributed by atoms with van der Waals surface area (Å²) in [5.74, 6) is 0. The van der Waals surface area contributed by atoms with Crippen LogP contribution >= 0.6 is 27.3 Å². The van der Waals surface area contributed by atoms with Crippen molar-refractivity contribution in [3.63, 3.8) is 0 Å². The first-order valence-electron chi connectivity index (χ1n) is 6.34. The van der Waals surface area contributed by atoms with Crippen LogP contribution in [0.2, 0.25) is 0 Å². The van der Waals surface area contributed by atoms with Gasteiger partial charge in [-0.05, 0) is 36.2 Å². The SMILES string of the molecule is Cc1cc(S(=O)(=O)N(C)Cc2ccc(Br)cc2)sc1CN. The molecule has 114 valence electrons. The van der Waals surface area contributed by atoms with Gasteiger partial charge in [-0.1, -0.05) is 28.1 Å².